The Balaban J connectivity index is 1.64. The van der Waals surface area contributed by atoms with E-state index in [-0.39, 0.29) is 0 Å². The Morgan fingerprint density at radius 1 is 0.560 bits per heavy atom. The zero-order valence-corrected chi connectivity index (χ0v) is 13.8. The molecule has 0 spiro atoms. The number of hydrogen-bond donors (Lipinski definition) is 0. The summed E-state index contributed by atoms with van der Waals surface area (Å²) in [6, 6.07) is 30.2. The van der Waals surface area contributed by atoms with Crippen LogP contribution >= 0.6 is 0 Å². The van der Waals surface area contributed by atoms with Crippen molar-refractivity contribution in [2.45, 2.75) is 6.42 Å². The predicted octanol–water partition coefficient (Wildman–Crippen LogP) is 5.99. The van der Waals surface area contributed by atoms with Crippen LogP contribution in [0.2, 0.25) is 0 Å². The molecule has 1 nitrogen and oxygen atoms in total. The molecule has 0 fully saturated rings. The first kappa shape index (κ1) is 14.2. The van der Waals surface area contributed by atoms with Crippen LogP contribution in [0.25, 0.3) is 33.5 Å². The summed E-state index contributed by atoms with van der Waals surface area (Å²) in [4.78, 5) is 4.57. The van der Waals surface area contributed by atoms with Gasteiger partial charge in [-0.15, -0.1) is 0 Å². The lowest BCUT2D eigenvalue weighted by Crippen LogP contribution is -1.87. The van der Waals surface area contributed by atoms with E-state index in [2.05, 4.69) is 83.8 Å². The summed E-state index contributed by atoms with van der Waals surface area (Å²) >= 11 is 0. The van der Waals surface area contributed by atoms with Gasteiger partial charge >= 0.3 is 0 Å². The quantitative estimate of drug-likeness (QED) is 0.389. The number of hydrogen-bond acceptors (Lipinski definition) is 1. The Morgan fingerprint density at radius 2 is 1.32 bits per heavy atom. The molecular weight excluding hydrogens is 302 g/mol. The van der Waals surface area contributed by atoms with Crippen molar-refractivity contribution in [2.75, 3.05) is 0 Å². The third-order valence-corrected chi connectivity index (χ3v) is 4.96. The Labute approximate surface area is 147 Å². The van der Waals surface area contributed by atoms with Crippen LogP contribution in [0.5, 0.6) is 0 Å². The normalized spacial score (nSPS) is 11.8. The van der Waals surface area contributed by atoms with Crippen LogP contribution in [-0.2, 0) is 6.42 Å². The molecule has 1 heterocycles. The lowest BCUT2D eigenvalue weighted by molar-refractivity contribution is 1.23. The number of benzene rings is 3. The predicted molar refractivity (Wildman–Crippen MR) is 103 cm³/mol. The van der Waals surface area contributed by atoms with Crippen LogP contribution in [0.1, 0.15) is 11.1 Å². The summed E-state index contributed by atoms with van der Waals surface area (Å²) in [7, 11) is 0. The summed E-state index contributed by atoms with van der Waals surface area (Å²) in [6.07, 6.45) is 2.85. The zero-order chi connectivity index (χ0) is 16.6. The average Bonchev–Trinajstić information content (AvgIpc) is 3.06. The SMILES string of the molecule is c1ccc(-c2ccccc2-c2ccc3c(c2)Cc2cccnc2-3)cc1. The molecule has 0 saturated carbocycles. The third-order valence-electron chi connectivity index (χ3n) is 4.96. The molecule has 1 aliphatic rings. The van der Waals surface area contributed by atoms with Crippen molar-refractivity contribution in [3.8, 4) is 33.5 Å². The van der Waals surface area contributed by atoms with Crippen LogP contribution < -0.4 is 0 Å². The molecule has 0 amide bonds. The lowest BCUT2D eigenvalue weighted by atomic mass is 9.93. The number of rotatable bonds is 2. The summed E-state index contributed by atoms with van der Waals surface area (Å²) < 4.78 is 0. The molecule has 1 aliphatic carbocycles. The maximum atomic E-state index is 4.57. The van der Waals surface area contributed by atoms with Gasteiger partial charge in [0.05, 0.1) is 5.69 Å². The van der Waals surface area contributed by atoms with E-state index in [9.17, 15) is 0 Å². The van der Waals surface area contributed by atoms with E-state index in [0.29, 0.717) is 0 Å². The van der Waals surface area contributed by atoms with Gasteiger partial charge in [-0.05, 0) is 39.4 Å². The van der Waals surface area contributed by atoms with E-state index in [0.717, 1.165) is 12.1 Å². The maximum absolute atomic E-state index is 4.57. The zero-order valence-electron chi connectivity index (χ0n) is 13.8. The maximum Gasteiger partial charge on any atom is 0.0740 e. The minimum absolute atomic E-state index is 0.972. The second-order valence-electron chi connectivity index (χ2n) is 6.47. The van der Waals surface area contributed by atoms with Gasteiger partial charge in [0.2, 0.25) is 0 Å². The summed E-state index contributed by atoms with van der Waals surface area (Å²) in [6.45, 7) is 0. The minimum atomic E-state index is 0.972. The molecule has 1 heteroatoms. The molecule has 118 valence electrons. The Morgan fingerprint density at radius 3 is 2.16 bits per heavy atom. The van der Waals surface area contributed by atoms with Gasteiger partial charge in [0, 0.05) is 18.2 Å². The van der Waals surface area contributed by atoms with E-state index >= 15 is 0 Å². The first-order chi connectivity index (χ1) is 12.4. The Hall–Kier alpha value is -3.19. The molecule has 4 aromatic rings. The van der Waals surface area contributed by atoms with E-state index in [1.807, 2.05) is 12.3 Å². The highest BCUT2D eigenvalue weighted by Gasteiger charge is 2.20. The number of fused-ring (bicyclic) bond motifs is 3. The van der Waals surface area contributed by atoms with Crippen molar-refractivity contribution < 1.29 is 0 Å². The van der Waals surface area contributed by atoms with Gasteiger partial charge in [-0.3, -0.25) is 4.98 Å². The van der Waals surface area contributed by atoms with Gasteiger partial charge < -0.3 is 0 Å². The van der Waals surface area contributed by atoms with Crippen LogP contribution in [0.15, 0.2) is 91.1 Å². The standard InChI is InChI=1S/C24H17N/c1-2-7-17(8-3-1)21-10-4-5-11-22(21)18-12-13-23-20(15-18)16-19-9-6-14-25-24(19)23/h1-15H,16H2. The second kappa shape index (κ2) is 5.71. The number of nitrogens with zero attached hydrogens (tertiary/aromatic N) is 1. The monoisotopic (exact) mass is 319 g/mol. The van der Waals surface area contributed by atoms with E-state index in [1.54, 1.807) is 0 Å². The van der Waals surface area contributed by atoms with Gasteiger partial charge in [0.25, 0.3) is 0 Å². The van der Waals surface area contributed by atoms with Gasteiger partial charge in [0.15, 0.2) is 0 Å². The fraction of sp³-hybridized carbons (Fsp3) is 0.0417. The molecule has 25 heavy (non-hydrogen) atoms. The lowest BCUT2D eigenvalue weighted by Gasteiger charge is -2.11. The molecular formula is C24H17N. The molecule has 0 radical (unpaired) electrons. The van der Waals surface area contributed by atoms with E-state index in [1.165, 1.54) is 38.9 Å². The van der Waals surface area contributed by atoms with Crippen LogP contribution in [0.3, 0.4) is 0 Å². The topological polar surface area (TPSA) is 12.9 Å². The van der Waals surface area contributed by atoms with Crippen LogP contribution in [0.4, 0.5) is 0 Å². The van der Waals surface area contributed by atoms with Crippen molar-refractivity contribution in [3.05, 3.63) is 102 Å². The van der Waals surface area contributed by atoms with Crippen molar-refractivity contribution in [1.82, 2.24) is 4.98 Å². The minimum Gasteiger partial charge on any atom is -0.256 e. The Kier molecular flexibility index (Phi) is 3.24. The molecule has 0 aliphatic heterocycles. The van der Waals surface area contributed by atoms with E-state index in [4.69, 9.17) is 0 Å². The van der Waals surface area contributed by atoms with Crippen molar-refractivity contribution >= 4 is 0 Å². The smallest absolute Gasteiger partial charge is 0.0740 e. The Bertz CT molecular complexity index is 1060. The molecule has 1 aromatic heterocycles. The fourth-order valence-electron chi connectivity index (χ4n) is 3.77. The summed E-state index contributed by atoms with van der Waals surface area (Å²) in [5.74, 6) is 0. The van der Waals surface area contributed by atoms with Crippen LogP contribution in [-0.4, -0.2) is 4.98 Å². The number of aromatic nitrogens is 1. The fourth-order valence-corrected chi connectivity index (χ4v) is 3.77. The highest BCUT2D eigenvalue weighted by atomic mass is 14.7. The van der Waals surface area contributed by atoms with Gasteiger partial charge in [0.1, 0.15) is 0 Å². The third kappa shape index (κ3) is 2.36. The van der Waals surface area contributed by atoms with Crippen molar-refractivity contribution in [3.63, 3.8) is 0 Å². The molecule has 0 saturated heterocycles. The van der Waals surface area contributed by atoms with Crippen LogP contribution in [0, 0.1) is 0 Å². The average molecular weight is 319 g/mol. The first-order valence-electron chi connectivity index (χ1n) is 8.62. The van der Waals surface area contributed by atoms with Crippen molar-refractivity contribution in [2.24, 2.45) is 0 Å². The van der Waals surface area contributed by atoms with E-state index < -0.39 is 0 Å². The first-order valence-corrected chi connectivity index (χ1v) is 8.62. The van der Waals surface area contributed by atoms with Crippen molar-refractivity contribution in [1.29, 1.82) is 0 Å². The molecule has 0 N–H and O–H groups in total. The highest BCUT2D eigenvalue weighted by molar-refractivity contribution is 5.86. The second-order valence-corrected chi connectivity index (χ2v) is 6.47. The largest absolute Gasteiger partial charge is 0.256 e. The highest BCUT2D eigenvalue weighted by Crippen LogP contribution is 2.39. The van der Waals surface area contributed by atoms with Gasteiger partial charge in [-0.2, -0.15) is 0 Å². The summed E-state index contributed by atoms with van der Waals surface area (Å²) in [5, 5.41) is 0. The molecule has 0 unspecified atom stereocenters. The molecule has 0 atom stereocenters. The summed E-state index contributed by atoms with van der Waals surface area (Å²) in [5.41, 5.74) is 10.2. The molecule has 3 aromatic carbocycles. The number of pyridine rings is 1. The molecule has 0 bridgehead atoms. The van der Waals surface area contributed by atoms with Gasteiger partial charge in [-0.25, -0.2) is 0 Å². The van der Waals surface area contributed by atoms with Gasteiger partial charge in [-0.1, -0.05) is 78.9 Å². The molecule has 5 rings (SSSR count).